The van der Waals surface area contributed by atoms with E-state index in [9.17, 15) is 0 Å². The van der Waals surface area contributed by atoms with E-state index in [2.05, 4.69) is 252 Å². The lowest BCUT2D eigenvalue weighted by atomic mass is 9.94. The maximum atomic E-state index is 2.63. The predicted molar refractivity (Wildman–Crippen MR) is 257 cm³/mol. The molecule has 0 radical (unpaired) electrons. The molecular formula is C59H42N2. The molecule has 61 heavy (non-hydrogen) atoms. The Kier molecular flexibility index (Phi) is 8.24. The standard InChI is InChI=1S/C59H42N2/c1-2-17-43(18-3-1)51-24-6-7-25-52(51)48-22-15-23-50(40-48)61(59-37-13-12-28-55(59)58(59)60-56-29-10-8-26-53(56)54-27-9-11-30-57(54)60)49-35-33-42(34-36-49)45-20-14-21-46(38-45)47-32-31-41-16-4-5-19-44(41)39-47/h1-40,55,58H. The van der Waals surface area contributed by atoms with E-state index >= 15 is 0 Å². The minimum atomic E-state index is -0.353. The first-order valence-electron chi connectivity index (χ1n) is 21.3. The van der Waals surface area contributed by atoms with Crippen molar-refractivity contribution in [2.75, 3.05) is 4.90 Å². The fraction of sp³-hybridized carbons (Fsp3) is 0.0508. The van der Waals surface area contributed by atoms with Gasteiger partial charge in [0.2, 0.25) is 0 Å². The van der Waals surface area contributed by atoms with Crippen LogP contribution in [0.1, 0.15) is 6.04 Å². The molecule has 2 nitrogen and oxygen atoms in total. The number of rotatable bonds is 8. The van der Waals surface area contributed by atoms with Gasteiger partial charge in [-0.15, -0.1) is 0 Å². The Balaban J connectivity index is 1.01. The zero-order chi connectivity index (χ0) is 40.3. The Labute approximate surface area is 356 Å². The molecule has 12 rings (SSSR count). The van der Waals surface area contributed by atoms with Gasteiger partial charge in [-0.3, -0.25) is 0 Å². The Morgan fingerprint density at radius 3 is 1.72 bits per heavy atom. The molecule has 2 heteroatoms. The zero-order valence-corrected chi connectivity index (χ0v) is 33.6. The van der Waals surface area contributed by atoms with Crippen molar-refractivity contribution >= 4 is 44.0 Å². The lowest BCUT2D eigenvalue weighted by Gasteiger charge is -2.35. The van der Waals surface area contributed by atoms with Crippen LogP contribution < -0.4 is 4.90 Å². The van der Waals surface area contributed by atoms with Crippen LogP contribution in [0.2, 0.25) is 0 Å². The van der Waals surface area contributed by atoms with Gasteiger partial charge in [0, 0.05) is 39.1 Å². The van der Waals surface area contributed by atoms with Crippen molar-refractivity contribution in [2.45, 2.75) is 11.6 Å². The van der Waals surface area contributed by atoms with Crippen LogP contribution in [0.25, 0.3) is 77.1 Å². The summed E-state index contributed by atoms with van der Waals surface area (Å²) < 4.78 is 2.63. The van der Waals surface area contributed by atoms with Crippen LogP contribution in [0, 0.1) is 5.92 Å². The van der Waals surface area contributed by atoms with Gasteiger partial charge < -0.3 is 9.47 Å². The summed E-state index contributed by atoms with van der Waals surface area (Å²) in [5.74, 6) is 0.246. The SMILES string of the molecule is C1=CC2C(n3c4ccccc4c4ccccc43)C2(N(c2ccc(-c3cccc(-c4ccc5ccccc5c4)c3)cc2)c2cccc(-c3ccccc3-c3ccccc3)c2)C=C1. The van der Waals surface area contributed by atoms with E-state index in [1.54, 1.807) is 0 Å². The molecular weight excluding hydrogens is 737 g/mol. The highest BCUT2D eigenvalue weighted by atomic mass is 15.3. The molecule has 3 unspecified atom stereocenters. The van der Waals surface area contributed by atoms with Gasteiger partial charge in [0.1, 0.15) is 0 Å². The van der Waals surface area contributed by atoms with Gasteiger partial charge >= 0.3 is 0 Å². The molecule has 2 aliphatic rings. The van der Waals surface area contributed by atoms with Gasteiger partial charge in [-0.05, 0) is 104 Å². The summed E-state index contributed by atoms with van der Waals surface area (Å²) in [4.78, 5) is 2.63. The van der Waals surface area contributed by atoms with Gasteiger partial charge in [0.25, 0.3) is 0 Å². The summed E-state index contributed by atoms with van der Waals surface area (Å²) in [6.45, 7) is 0. The first-order chi connectivity index (χ1) is 30.2. The summed E-state index contributed by atoms with van der Waals surface area (Å²) in [6, 6.07) is 80.3. The topological polar surface area (TPSA) is 8.17 Å². The van der Waals surface area contributed by atoms with Crippen molar-refractivity contribution in [1.82, 2.24) is 4.57 Å². The molecule has 0 N–H and O–H groups in total. The van der Waals surface area contributed by atoms with E-state index in [1.165, 1.54) is 82.8 Å². The second-order valence-corrected chi connectivity index (χ2v) is 16.5. The van der Waals surface area contributed by atoms with E-state index in [-0.39, 0.29) is 17.5 Å². The van der Waals surface area contributed by atoms with Crippen molar-refractivity contribution in [2.24, 2.45) is 5.92 Å². The average molecular weight is 779 g/mol. The third-order valence-electron chi connectivity index (χ3n) is 13.1. The van der Waals surface area contributed by atoms with Crippen LogP contribution in [0.4, 0.5) is 11.4 Å². The van der Waals surface area contributed by atoms with E-state index in [0.717, 1.165) is 5.69 Å². The number of allylic oxidation sites excluding steroid dienone is 2. The maximum absolute atomic E-state index is 2.63. The van der Waals surface area contributed by atoms with Crippen molar-refractivity contribution in [3.63, 3.8) is 0 Å². The van der Waals surface area contributed by atoms with E-state index in [0.29, 0.717) is 0 Å². The third kappa shape index (κ3) is 5.79. The van der Waals surface area contributed by atoms with Crippen LogP contribution in [-0.4, -0.2) is 10.1 Å². The average Bonchev–Trinajstić information content (AvgIpc) is 3.88. The van der Waals surface area contributed by atoms with Crippen LogP contribution in [0.5, 0.6) is 0 Å². The van der Waals surface area contributed by atoms with Crippen molar-refractivity contribution in [3.8, 4) is 44.5 Å². The van der Waals surface area contributed by atoms with Crippen molar-refractivity contribution in [1.29, 1.82) is 0 Å². The number of hydrogen-bond acceptors (Lipinski definition) is 1. The van der Waals surface area contributed by atoms with Gasteiger partial charge in [-0.2, -0.15) is 0 Å². The molecule has 0 amide bonds. The molecule has 1 aromatic heterocycles. The molecule has 0 spiro atoms. The molecule has 0 saturated heterocycles. The maximum Gasteiger partial charge on any atom is 0.0933 e. The van der Waals surface area contributed by atoms with Crippen LogP contribution in [0.15, 0.2) is 243 Å². The lowest BCUT2D eigenvalue weighted by molar-refractivity contribution is 0.673. The predicted octanol–water partition coefficient (Wildman–Crippen LogP) is 15.5. The Morgan fingerprint density at radius 2 is 0.951 bits per heavy atom. The highest BCUT2D eigenvalue weighted by Gasteiger charge is 2.68. The molecule has 3 atom stereocenters. The number of anilines is 2. The fourth-order valence-corrected chi connectivity index (χ4v) is 10.3. The molecule has 9 aromatic carbocycles. The summed E-state index contributed by atoms with van der Waals surface area (Å²) in [5, 5.41) is 5.11. The van der Waals surface area contributed by atoms with Crippen LogP contribution in [0.3, 0.4) is 0 Å². The van der Waals surface area contributed by atoms with Gasteiger partial charge in [0.05, 0.1) is 11.6 Å². The summed E-state index contributed by atoms with van der Waals surface area (Å²) >= 11 is 0. The van der Waals surface area contributed by atoms with Gasteiger partial charge in [-0.1, -0.05) is 194 Å². The Hall–Kier alpha value is -7.68. The highest BCUT2D eigenvalue weighted by Crippen LogP contribution is 2.65. The zero-order valence-electron chi connectivity index (χ0n) is 33.6. The van der Waals surface area contributed by atoms with Gasteiger partial charge in [0.15, 0.2) is 0 Å². The minimum absolute atomic E-state index is 0.158. The molecule has 2 aliphatic carbocycles. The lowest BCUT2D eigenvalue weighted by Crippen LogP contribution is -2.36. The van der Waals surface area contributed by atoms with Crippen molar-refractivity contribution < 1.29 is 0 Å². The summed E-state index contributed by atoms with van der Waals surface area (Å²) in [7, 11) is 0. The van der Waals surface area contributed by atoms with E-state index in [4.69, 9.17) is 0 Å². The molecule has 0 aliphatic heterocycles. The molecule has 1 fully saturated rings. The second-order valence-electron chi connectivity index (χ2n) is 16.5. The number of benzene rings is 9. The Morgan fingerprint density at radius 1 is 0.377 bits per heavy atom. The quantitative estimate of drug-likeness (QED) is 0.149. The number of nitrogens with zero attached hydrogens (tertiary/aromatic N) is 2. The normalized spacial score (nSPS) is 17.8. The molecule has 0 bridgehead atoms. The highest BCUT2D eigenvalue weighted by molar-refractivity contribution is 6.08. The first-order valence-corrected chi connectivity index (χ1v) is 21.3. The minimum Gasteiger partial charge on any atom is -0.334 e. The number of para-hydroxylation sites is 2. The first kappa shape index (κ1) is 35.3. The molecule has 10 aromatic rings. The van der Waals surface area contributed by atoms with Crippen LogP contribution >= 0.6 is 0 Å². The summed E-state index contributed by atoms with van der Waals surface area (Å²) in [6.07, 6.45) is 9.41. The largest absolute Gasteiger partial charge is 0.334 e. The smallest absolute Gasteiger partial charge is 0.0933 e. The number of hydrogen-bond donors (Lipinski definition) is 0. The van der Waals surface area contributed by atoms with Crippen molar-refractivity contribution in [3.05, 3.63) is 243 Å². The fourth-order valence-electron chi connectivity index (χ4n) is 10.3. The summed E-state index contributed by atoms with van der Waals surface area (Å²) in [5.41, 5.74) is 14.2. The number of aromatic nitrogens is 1. The van der Waals surface area contributed by atoms with E-state index < -0.39 is 0 Å². The number of fused-ring (bicyclic) bond motifs is 5. The Bertz CT molecular complexity index is 3280. The molecule has 288 valence electrons. The molecule has 1 saturated carbocycles. The van der Waals surface area contributed by atoms with E-state index in [1.807, 2.05) is 0 Å². The van der Waals surface area contributed by atoms with Crippen LogP contribution in [-0.2, 0) is 0 Å². The second kappa shape index (κ2) is 14.3. The third-order valence-corrected chi connectivity index (χ3v) is 13.1. The van der Waals surface area contributed by atoms with Gasteiger partial charge in [-0.25, -0.2) is 0 Å². The molecule has 1 heterocycles. The monoisotopic (exact) mass is 778 g/mol.